The summed E-state index contributed by atoms with van der Waals surface area (Å²) < 4.78 is 0. The van der Waals surface area contributed by atoms with E-state index in [1.54, 1.807) is 6.20 Å². The van der Waals surface area contributed by atoms with Gasteiger partial charge in [0.05, 0.1) is 10.9 Å². The van der Waals surface area contributed by atoms with Gasteiger partial charge in [-0.05, 0) is 38.4 Å². The summed E-state index contributed by atoms with van der Waals surface area (Å²) in [6, 6.07) is 7.78. The molecular weight excluding hydrogens is 292 g/mol. The Morgan fingerprint density at radius 2 is 2.00 bits per heavy atom. The Kier molecular flexibility index (Phi) is 3.75. The summed E-state index contributed by atoms with van der Waals surface area (Å²) in [6.45, 7) is 4.01. The SMILES string of the molecule is O=c1[nH]n(OCCCN2CCCC2)c2c1cnc1ccccc12. The molecule has 1 aromatic carbocycles. The maximum Gasteiger partial charge on any atom is 0.276 e. The van der Waals surface area contributed by atoms with Gasteiger partial charge in [-0.3, -0.25) is 9.78 Å². The van der Waals surface area contributed by atoms with Gasteiger partial charge in [0, 0.05) is 18.1 Å². The van der Waals surface area contributed by atoms with Crippen molar-refractivity contribution in [3.05, 3.63) is 40.8 Å². The number of nitrogens with zero attached hydrogens (tertiary/aromatic N) is 3. The van der Waals surface area contributed by atoms with Crippen molar-refractivity contribution < 1.29 is 4.84 Å². The highest BCUT2D eigenvalue weighted by Gasteiger charge is 2.13. The zero-order valence-electron chi connectivity index (χ0n) is 13.0. The largest absolute Gasteiger partial charge is 0.398 e. The van der Waals surface area contributed by atoms with Crippen molar-refractivity contribution in [2.75, 3.05) is 26.2 Å². The Labute approximate surface area is 133 Å². The third-order valence-corrected chi connectivity index (χ3v) is 4.44. The number of aromatic amines is 1. The first-order valence-corrected chi connectivity index (χ1v) is 8.17. The summed E-state index contributed by atoms with van der Waals surface area (Å²) in [7, 11) is 0. The van der Waals surface area contributed by atoms with Gasteiger partial charge in [-0.15, -0.1) is 4.85 Å². The van der Waals surface area contributed by atoms with Crippen LogP contribution in [-0.2, 0) is 0 Å². The Bertz CT molecular complexity index is 877. The lowest BCUT2D eigenvalue weighted by Gasteiger charge is -2.14. The van der Waals surface area contributed by atoms with Crippen LogP contribution in [0.15, 0.2) is 35.3 Å². The van der Waals surface area contributed by atoms with Gasteiger partial charge in [0.2, 0.25) is 0 Å². The lowest BCUT2D eigenvalue weighted by atomic mass is 10.2. The predicted molar refractivity (Wildman–Crippen MR) is 89.6 cm³/mol. The molecule has 0 spiro atoms. The second kappa shape index (κ2) is 6.04. The molecule has 1 aliphatic rings. The van der Waals surface area contributed by atoms with Crippen LogP contribution in [0, 0.1) is 0 Å². The van der Waals surface area contributed by atoms with Crippen LogP contribution >= 0.6 is 0 Å². The highest BCUT2D eigenvalue weighted by Crippen LogP contribution is 2.20. The fourth-order valence-corrected chi connectivity index (χ4v) is 3.27. The zero-order chi connectivity index (χ0) is 15.6. The molecule has 3 heterocycles. The van der Waals surface area contributed by atoms with Gasteiger partial charge in [-0.25, -0.2) is 5.10 Å². The smallest absolute Gasteiger partial charge is 0.276 e. The van der Waals surface area contributed by atoms with E-state index >= 15 is 0 Å². The molecule has 2 aromatic heterocycles. The van der Waals surface area contributed by atoms with Crippen molar-refractivity contribution in [3.63, 3.8) is 0 Å². The summed E-state index contributed by atoms with van der Waals surface area (Å²) in [5.74, 6) is 0. The summed E-state index contributed by atoms with van der Waals surface area (Å²) in [4.78, 5) is 26.2. The maximum atomic E-state index is 12.1. The fourth-order valence-electron chi connectivity index (χ4n) is 3.27. The summed E-state index contributed by atoms with van der Waals surface area (Å²) in [5, 5.41) is 4.24. The molecule has 0 amide bonds. The third-order valence-electron chi connectivity index (χ3n) is 4.44. The van der Waals surface area contributed by atoms with Crippen molar-refractivity contribution in [3.8, 4) is 0 Å². The van der Waals surface area contributed by atoms with Crippen molar-refractivity contribution in [1.82, 2.24) is 19.8 Å². The monoisotopic (exact) mass is 312 g/mol. The van der Waals surface area contributed by atoms with Crippen LogP contribution in [0.4, 0.5) is 0 Å². The minimum Gasteiger partial charge on any atom is -0.398 e. The quantitative estimate of drug-likeness (QED) is 0.730. The average molecular weight is 312 g/mol. The highest BCUT2D eigenvalue weighted by molar-refractivity contribution is 6.02. The minimum atomic E-state index is -0.169. The molecule has 120 valence electrons. The molecule has 0 atom stereocenters. The molecule has 23 heavy (non-hydrogen) atoms. The number of benzene rings is 1. The highest BCUT2D eigenvalue weighted by atomic mass is 16.7. The number of para-hydroxylation sites is 1. The molecule has 0 bridgehead atoms. The second-order valence-corrected chi connectivity index (χ2v) is 6.01. The van der Waals surface area contributed by atoms with Crippen LogP contribution in [0.5, 0.6) is 0 Å². The van der Waals surface area contributed by atoms with Gasteiger partial charge in [0.1, 0.15) is 12.1 Å². The number of hydrogen-bond acceptors (Lipinski definition) is 4. The second-order valence-electron chi connectivity index (χ2n) is 6.01. The third kappa shape index (κ3) is 2.70. The van der Waals surface area contributed by atoms with Crippen molar-refractivity contribution in [1.29, 1.82) is 0 Å². The van der Waals surface area contributed by atoms with E-state index in [0.29, 0.717) is 12.0 Å². The molecule has 1 saturated heterocycles. The van der Waals surface area contributed by atoms with Gasteiger partial charge < -0.3 is 9.74 Å². The number of rotatable bonds is 5. The maximum absolute atomic E-state index is 12.1. The Hall–Kier alpha value is -2.34. The minimum absolute atomic E-state index is 0.169. The normalized spacial score (nSPS) is 15.7. The van der Waals surface area contributed by atoms with Crippen molar-refractivity contribution >= 4 is 21.8 Å². The number of likely N-dealkylation sites (tertiary alicyclic amines) is 1. The van der Waals surface area contributed by atoms with E-state index in [2.05, 4.69) is 15.0 Å². The number of nitrogens with one attached hydrogen (secondary N) is 1. The lowest BCUT2D eigenvalue weighted by Crippen LogP contribution is -2.24. The van der Waals surface area contributed by atoms with Crippen molar-refractivity contribution in [2.24, 2.45) is 0 Å². The summed E-state index contributed by atoms with van der Waals surface area (Å²) in [5.41, 5.74) is 1.45. The van der Waals surface area contributed by atoms with E-state index in [4.69, 9.17) is 4.84 Å². The van der Waals surface area contributed by atoms with Gasteiger partial charge in [-0.2, -0.15) is 0 Å². The molecular formula is C17H20N4O2. The Morgan fingerprint density at radius 1 is 1.17 bits per heavy atom. The molecule has 3 aromatic rings. The fraction of sp³-hybridized carbons (Fsp3) is 0.412. The topological polar surface area (TPSA) is 63.1 Å². The average Bonchev–Trinajstić information content (AvgIpc) is 3.20. The van der Waals surface area contributed by atoms with Gasteiger partial charge in [0.25, 0.3) is 5.56 Å². The van der Waals surface area contributed by atoms with E-state index < -0.39 is 0 Å². The zero-order valence-corrected chi connectivity index (χ0v) is 13.0. The summed E-state index contributed by atoms with van der Waals surface area (Å²) >= 11 is 0. The van der Waals surface area contributed by atoms with E-state index in [0.717, 1.165) is 29.4 Å². The van der Waals surface area contributed by atoms with Gasteiger partial charge in [-0.1, -0.05) is 18.2 Å². The van der Waals surface area contributed by atoms with Crippen LogP contribution in [0.2, 0.25) is 0 Å². The first kappa shape index (κ1) is 14.3. The number of aromatic nitrogens is 3. The van der Waals surface area contributed by atoms with Crippen LogP contribution < -0.4 is 10.4 Å². The lowest BCUT2D eigenvalue weighted by molar-refractivity contribution is 0.0842. The van der Waals surface area contributed by atoms with E-state index in [1.807, 2.05) is 24.3 Å². The number of hydrogen-bond donors (Lipinski definition) is 1. The Morgan fingerprint density at radius 3 is 2.87 bits per heavy atom. The van der Waals surface area contributed by atoms with Crippen LogP contribution in [-0.4, -0.2) is 46.1 Å². The van der Waals surface area contributed by atoms with E-state index in [-0.39, 0.29) is 5.56 Å². The van der Waals surface area contributed by atoms with Crippen molar-refractivity contribution in [2.45, 2.75) is 19.3 Å². The van der Waals surface area contributed by atoms with Crippen LogP contribution in [0.3, 0.4) is 0 Å². The molecule has 0 radical (unpaired) electrons. The molecule has 1 fully saturated rings. The molecule has 0 aliphatic carbocycles. The molecule has 0 saturated carbocycles. The molecule has 6 nitrogen and oxygen atoms in total. The standard InChI is InChI=1S/C17H20N4O2/c22-17-14-12-18-15-7-2-1-6-13(15)16(14)21(19-17)23-11-5-10-20-8-3-4-9-20/h1-2,6-7,12H,3-5,8-11H2,(H,19,22). The van der Waals surface area contributed by atoms with Gasteiger partial charge in [0.15, 0.2) is 0 Å². The summed E-state index contributed by atoms with van der Waals surface area (Å²) in [6.07, 6.45) is 5.16. The number of pyridine rings is 1. The van der Waals surface area contributed by atoms with Gasteiger partial charge >= 0.3 is 0 Å². The van der Waals surface area contributed by atoms with E-state index in [9.17, 15) is 4.79 Å². The molecule has 1 aliphatic heterocycles. The molecule has 4 rings (SSSR count). The number of fused-ring (bicyclic) bond motifs is 3. The number of H-pyrrole nitrogens is 1. The molecule has 0 unspecified atom stereocenters. The van der Waals surface area contributed by atoms with Crippen LogP contribution in [0.25, 0.3) is 21.8 Å². The molecule has 1 N–H and O–H groups in total. The first-order valence-electron chi connectivity index (χ1n) is 8.17. The predicted octanol–water partition coefficient (Wildman–Crippen LogP) is 1.79. The van der Waals surface area contributed by atoms with Crippen LogP contribution in [0.1, 0.15) is 19.3 Å². The Balaban J connectivity index is 1.56. The molecule has 6 heteroatoms. The van der Waals surface area contributed by atoms with E-state index in [1.165, 1.54) is 30.8 Å². The first-order chi connectivity index (χ1) is 11.3.